The lowest BCUT2D eigenvalue weighted by molar-refractivity contribution is -0.145. The van der Waals surface area contributed by atoms with Crippen LogP contribution in [0.25, 0.3) is 0 Å². The second-order valence-electron chi connectivity index (χ2n) is 18.5. The number of ketones is 3. The van der Waals surface area contributed by atoms with E-state index in [-0.39, 0.29) is 70.4 Å². The zero-order valence-corrected chi connectivity index (χ0v) is 42.8. The van der Waals surface area contributed by atoms with Crippen LogP contribution in [0.2, 0.25) is 0 Å². The van der Waals surface area contributed by atoms with Crippen LogP contribution in [0.4, 0.5) is 0 Å². The van der Waals surface area contributed by atoms with Gasteiger partial charge in [-0.05, 0) is 51.4 Å². The van der Waals surface area contributed by atoms with Crippen LogP contribution in [-0.4, -0.2) is 158 Å². The number of nitrogens with one attached hydrogen (secondary N) is 7. The molecule has 0 radical (unpaired) electrons. The minimum absolute atomic E-state index is 0.118. The highest BCUT2D eigenvalue weighted by Crippen LogP contribution is 2.17. The van der Waals surface area contributed by atoms with Crippen molar-refractivity contribution < 1.29 is 78.3 Å². The van der Waals surface area contributed by atoms with Gasteiger partial charge in [0.05, 0.1) is 44.5 Å². The minimum atomic E-state index is -1.38. The Hall–Kier alpha value is -6.14. The van der Waals surface area contributed by atoms with Crippen molar-refractivity contribution in [1.82, 2.24) is 41.9 Å². The fourth-order valence-corrected chi connectivity index (χ4v) is 7.82. The highest BCUT2D eigenvalue weighted by molar-refractivity contribution is 5.91. The van der Waals surface area contributed by atoms with E-state index in [0.717, 1.165) is 63.5 Å². The maximum Gasteiger partial charge on any atom is 0.326 e. The SMILES string of the molecule is O=C(O)CCCCCCCCCCCCCCCCC(=O)N[C@@H](CCC(=O)C[C@@H](CCC(=O)N[C@@H](CO)C(=O)CNCC(=O)NCCCC[C@H](NCC(=O)CCc1cnc[nH]1)C(=O)NCC(=O)O)C(=O)O)C(=O)O. The fraction of sp³-hybridized carbons (Fsp3) is 0.720. The molecule has 0 saturated carbocycles. The Morgan fingerprint density at radius 1 is 0.514 bits per heavy atom. The van der Waals surface area contributed by atoms with E-state index in [9.17, 15) is 68.1 Å². The number of aromatic nitrogens is 2. The lowest BCUT2D eigenvalue weighted by atomic mass is 9.94. The number of carboxylic acid groups (broad SMARTS) is 4. The Balaban J connectivity index is 2.33. The Bertz CT molecular complexity index is 1880. The number of rotatable bonds is 49. The number of hydrogen-bond donors (Lipinski definition) is 12. The monoisotopic (exact) mass is 1050 g/mol. The Morgan fingerprint density at radius 3 is 1.66 bits per heavy atom. The molecule has 0 fully saturated rings. The summed E-state index contributed by atoms with van der Waals surface area (Å²) in [4.78, 5) is 140. The number of hydrogen-bond acceptors (Lipinski definition) is 15. The van der Waals surface area contributed by atoms with E-state index >= 15 is 0 Å². The number of unbranched alkanes of at least 4 members (excludes halogenated alkanes) is 14. The third-order valence-electron chi connectivity index (χ3n) is 12.2. The molecular formula is C50H82N8O16. The van der Waals surface area contributed by atoms with Gasteiger partial charge in [0.15, 0.2) is 5.78 Å². The molecule has 0 bridgehead atoms. The predicted molar refractivity (Wildman–Crippen MR) is 268 cm³/mol. The molecule has 12 N–H and O–H groups in total. The number of imidazole rings is 1. The number of nitrogens with zero attached hydrogens (tertiary/aromatic N) is 1. The van der Waals surface area contributed by atoms with E-state index in [0.29, 0.717) is 25.7 Å². The topological polar surface area (TPSA) is 390 Å². The van der Waals surface area contributed by atoms with Crippen molar-refractivity contribution in [2.75, 3.05) is 39.3 Å². The van der Waals surface area contributed by atoms with E-state index in [4.69, 9.17) is 10.2 Å². The third kappa shape index (κ3) is 35.1. The lowest BCUT2D eigenvalue weighted by Gasteiger charge is -2.18. The number of H-pyrrole nitrogens is 1. The number of Topliss-reactive ketones (excluding diaryl/α,β-unsaturated/α-hetero) is 3. The number of carbonyl (C=O) groups is 11. The van der Waals surface area contributed by atoms with Crippen LogP contribution in [-0.2, 0) is 59.2 Å². The van der Waals surface area contributed by atoms with Crippen LogP contribution in [0.15, 0.2) is 12.5 Å². The second kappa shape index (κ2) is 41.2. The number of aromatic amines is 1. The Morgan fingerprint density at radius 2 is 1.11 bits per heavy atom. The number of amides is 4. The molecule has 0 unspecified atom stereocenters. The van der Waals surface area contributed by atoms with Gasteiger partial charge in [-0.15, -0.1) is 0 Å². The van der Waals surface area contributed by atoms with Gasteiger partial charge in [-0.2, -0.15) is 0 Å². The number of carbonyl (C=O) groups excluding carboxylic acids is 7. The molecular weight excluding hydrogens is 969 g/mol. The summed E-state index contributed by atoms with van der Waals surface area (Å²) in [6.07, 6.45) is 17.6. The van der Waals surface area contributed by atoms with Gasteiger partial charge in [0.25, 0.3) is 0 Å². The van der Waals surface area contributed by atoms with Gasteiger partial charge in [0.1, 0.15) is 30.2 Å². The van der Waals surface area contributed by atoms with Gasteiger partial charge in [-0.1, -0.05) is 77.0 Å². The minimum Gasteiger partial charge on any atom is -0.481 e. The molecule has 24 nitrogen and oxygen atoms in total. The first-order chi connectivity index (χ1) is 35.4. The van der Waals surface area contributed by atoms with Crippen molar-refractivity contribution in [2.45, 2.75) is 185 Å². The maximum atomic E-state index is 12.7. The summed E-state index contributed by atoms with van der Waals surface area (Å²) in [5, 5.41) is 61.9. The van der Waals surface area contributed by atoms with Gasteiger partial charge in [0.2, 0.25) is 23.6 Å². The predicted octanol–water partition coefficient (Wildman–Crippen LogP) is 2.11. The van der Waals surface area contributed by atoms with Gasteiger partial charge >= 0.3 is 23.9 Å². The summed E-state index contributed by atoms with van der Waals surface area (Å²) in [7, 11) is 0. The summed E-state index contributed by atoms with van der Waals surface area (Å²) in [5.41, 5.74) is 0.777. The summed E-state index contributed by atoms with van der Waals surface area (Å²) in [6, 6.07) is -3.60. The number of aliphatic hydroxyl groups excluding tert-OH is 1. The van der Waals surface area contributed by atoms with E-state index in [2.05, 4.69) is 41.9 Å². The van der Waals surface area contributed by atoms with E-state index in [1.54, 1.807) is 6.20 Å². The molecule has 0 aromatic carbocycles. The molecule has 0 aliphatic carbocycles. The van der Waals surface area contributed by atoms with Crippen molar-refractivity contribution in [3.05, 3.63) is 18.2 Å². The van der Waals surface area contributed by atoms with Gasteiger partial charge < -0.3 is 57.1 Å². The smallest absolute Gasteiger partial charge is 0.326 e. The van der Waals surface area contributed by atoms with Crippen LogP contribution in [0.5, 0.6) is 0 Å². The summed E-state index contributed by atoms with van der Waals surface area (Å²) >= 11 is 0. The van der Waals surface area contributed by atoms with E-state index in [1.165, 1.54) is 32.0 Å². The quantitative estimate of drug-likeness (QED) is 0.0416. The molecule has 0 aliphatic rings. The van der Waals surface area contributed by atoms with Crippen molar-refractivity contribution in [1.29, 1.82) is 0 Å². The van der Waals surface area contributed by atoms with Crippen LogP contribution in [0.3, 0.4) is 0 Å². The summed E-state index contributed by atoms with van der Waals surface area (Å²) < 4.78 is 0. The Labute approximate surface area is 432 Å². The van der Waals surface area contributed by atoms with Crippen molar-refractivity contribution in [2.24, 2.45) is 5.92 Å². The molecule has 1 heterocycles. The molecule has 74 heavy (non-hydrogen) atoms. The average molecular weight is 1050 g/mol. The molecule has 1 rings (SSSR count). The van der Waals surface area contributed by atoms with Gasteiger partial charge in [0, 0.05) is 57.0 Å². The average Bonchev–Trinajstić information content (AvgIpc) is 3.88. The normalized spacial score (nSPS) is 12.7. The summed E-state index contributed by atoms with van der Waals surface area (Å²) in [6.45, 7) is -2.06. The van der Waals surface area contributed by atoms with E-state index in [1.807, 2.05) is 0 Å². The number of aliphatic hydroxyl groups is 1. The first-order valence-corrected chi connectivity index (χ1v) is 26.0. The van der Waals surface area contributed by atoms with Crippen LogP contribution in [0.1, 0.15) is 166 Å². The van der Waals surface area contributed by atoms with Gasteiger partial charge in [-0.25, -0.2) is 9.78 Å². The molecule has 1 aromatic heterocycles. The zero-order valence-electron chi connectivity index (χ0n) is 42.8. The largest absolute Gasteiger partial charge is 0.481 e. The second-order valence-corrected chi connectivity index (χ2v) is 18.5. The van der Waals surface area contributed by atoms with Crippen molar-refractivity contribution in [3.63, 3.8) is 0 Å². The summed E-state index contributed by atoms with van der Waals surface area (Å²) in [5.74, 6) is -9.73. The molecule has 418 valence electrons. The first-order valence-electron chi connectivity index (χ1n) is 26.0. The standard InChI is InChI=1S/C50H82N8O16/c59-33-41(42(62)30-51-31-45(65)53-26-16-15-17-39(48(70)55-32-47(68)69)54-29-38(61)22-21-36-28-52-34-56-36)58-44(64)25-20-35(49(71)72)27-37(60)23-24-40(50(73)74)57-43(63)18-13-11-9-7-5-3-1-2-4-6-8-10-12-14-19-46(66)67/h28,34-35,39-41,51,54,59H,1-27,29-33H2,(H,52,56)(H,53,65)(H,55,70)(H,57,63)(H,58,64)(H,66,67)(H,68,69)(H,71,72)(H,73,74)/t35-,39+,40+,41+/m1/s1. The number of carboxylic acids is 4. The number of aryl methyl sites for hydroxylation is 1. The molecule has 4 amide bonds. The van der Waals surface area contributed by atoms with Crippen LogP contribution >= 0.6 is 0 Å². The lowest BCUT2D eigenvalue weighted by Crippen LogP contribution is -2.48. The zero-order chi connectivity index (χ0) is 54.9. The molecule has 1 aromatic rings. The van der Waals surface area contributed by atoms with E-state index < -0.39 is 116 Å². The first kappa shape index (κ1) is 65.9. The van der Waals surface area contributed by atoms with Crippen LogP contribution < -0.4 is 31.9 Å². The molecule has 0 spiro atoms. The third-order valence-corrected chi connectivity index (χ3v) is 12.2. The molecule has 4 atom stereocenters. The van der Waals surface area contributed by atoms with Crippen molar-refractivity contribution >= 4 is 64.9 Å². The molecule has 0 aliphatic heterocycles. The molecule has 24 heteroatoms. The maximum absolute atomic E-state index is 12.7. The number of aliphatic carboxylic acids is 4. The highest BCUT2D eigenvalue weighted by atomic mass is 16.4. The fourth-order valence-electron chi connectivity index (χ4n) is 7.82. The highest BCUT2D eigenvalue weighted by Gasteiger charge is 2.27. The molecule has 0 saturated heterocycles. The van der Waals surface area contributed by atoms with Gasteiger partial charge in [-0.3, -0.25) is 53.3 Å². The Kier molecular flexibility index (Phi) is 36.7. The van der Waals surface area contributed by atoms with Crippen LogP contribution in [0, 0.1) is 5.92 Å². The van der Waals surface area contributed by atoms with Crippen molar-refractivity contribution in [3.8, 4) is 0 Å².